The first kappa shape index (κ1) is 13.2. The Morgan fingerprint density at radius 3 is 3.00 bits per heavy atom. The predicted molar refractivity (Wildman–Crippen MR) is 78.7 cm³/mol. The second kappa shape index (κ2) is 4.94. The monoisotopic (exact) mass is 271 g/mol. The molecule has 1 atom stereocenters. The molecular weight excluding hydrogens is 250 g/mol. The first-order valence-corrected chi connectivity index (χ1v) is 7.04. The van der Waals surface area contributed by atoms with E-state index in [1.165, 1.54) is 16.7 Å². The molecule has 1 aliphatic carbocycles. The zero-order valence-electron chi connectivity index (χ0n) is 12.1. The van der Waals surface area contributed by atoms with Gasteiger partial charge in [0.2, 0.25) is 0 Å². The van der Waals surface area contributed by atoms with Crippen molar-refractivity contribution in [3.63, 3.8) is 0 Å². The highest BCUT2D eigenvalue weighted by Gasteiger charge is 2.33. The average molecular weight is 271 g/mol. The fourth-order valence-corrected chi connectivity index (χ4v) is 3.20. The molecule has 4 heteroatoms. The highest BCUT2D eigenvalue weighted by Crippen LogP contribution is 2.37. The summed E-state index contributed by atoms with van der Waals surface area (Å²) >= 11 is 0. The van der Waals surface area contributed by atoms with Crippen LogP contribution < -0.4 is 10.5 Å². The van der Waals surface area contributed by atoms with Crippen molar-refractivity contribution in [1.29, 1.82) is 0 Å². The Morgan fingerprint density at radius 2 is 2.30 bits per heavy atom. The standard InChI is InChI=1S/C16H21N3O/c1-19-11-12(10-18-19)9-16(17)7-3-4-13-5-6-14(20-2)8-15(13)16/h5-6,8,10-11H,3-4,7,9,17H2,1-2H3. The molecule has 2 aromatic rings. The molecule has 0 fully saturated rings. The van der Waals surface area contributed by atoms with Crippen LogP contribution in [0.4, 0.5) is 0 Å². The van der Waals surface area contributed by atoms with E-state index in [-0.39, 0.29) is 5.54 Å². The van der Waals surface area contributed by atoms with Crippen LogP contribution in [0.1, 0.15) is 29.5 Å². The molecule has 0 radical (unpaired) electrons. The number of fused-ring (bicyclic) bond motifs is 1. The summed E-state index contributed by atoms with van der Waals surface area (Å²) in [4.78, 5) is 0. The van der Waals surface area contributed by atoms with Gasteiger partial charge in [0.15, 0.2) is 0 Å². The molecule has 1 heterocycles. The van der Waals surface area contributed by atoms with Gasteiger partial charge in [0, 0.05) is 18.8 Å². The SMILES string of the molecule is COc1ccc2c(c1)C(N)(Cc1cnn(C)c1)CCC2. The zero-order valence-corrected chi connectivity index (χ0v) is 12.1. The lowest BCUT2D eigenvalue weighted by molar-refractivity contribution is 0.363. The molecule has 2 N–H and O–H groups in total. The van der Waals surface area contributed by atoms with Gasteiger partial charge in [0.05, 0.1) is 13.3 Å². The molecule has 0 saturated heterocycles. The number of ether oxygens (including phenoxy) is 1. The molecule has 0 spiro atoms. The van der Waals surface area contributed by atoms with Crippen LogP contribution in [-0.2, 0) is 25.4 Å². The van der Waals surface area contributed by atoms with E-state index in [0.29, 0.717) is 0 Å². The Labute approximate surface area is 119 Å². The molecule has 0 saturated carbocycles. The highest BCUT2D eigenvalue weighted by molar-refractivity contribution is 5.42. The van der Waals surface area contributed by atoms with Crippen molar-refractivity contribution in [1.82, 2.24) is 9.78 Å². The molecule has 20 heavy (non-hydrogen) atoms. The van der Waals surface area contributed by atoms with Crippen molar-refractivity contribution in [3.05, 3.63) is 47.3 Å². The number of nitrogens with zero attached hydrogens (tertiary/aromatic N) is 2. The quantitative estimate of drug-likeness (QED) is 0.930. The maximum Gasteiger partial charge on any atom is 0.119 e. The van der Waals surface area contributed by atoms with Gasteiger partial charge in [-0.2, -0.15) is 5.10 Å². The number of hydrogen-bond acceptors (Lipinski definition) is 3. The fourth-order valence-electron chi connectivity index (χ4n) is 3.20. The summed E-state index contributed by atoms with van der Waals surface area (Å²) in [5.41, 5.74) is 10.2. The maximum atomic E-state index is 6.74. The van der Waals surface area contributed by atoms with E-state index >= 15 is 0 Å². The van der Waals surface area contributed by atoms with Crippen LogP contribution in [0, 0.1) is 0 Å². The molecule has 3 rings (SSSR count). The Morgan fingerprint density at radius 1 is 1.45 bits per heavy atom. The van der Waals surface area contributed by atoms with Crippen LogP contribution in [0.25, 0.3) is 0 Å². The van der Waals surface area contributed by atoms with Crippen molar-refractivity contribution in [2.45, 2.75) is 31.2 Å². The zero-order chi connectivity index (χ0) is 14.2. The van der Waals surface area contributed by atoms with Gasteiger partial charge in [-0.3, -0.25) is 4.68 Å². The van der Waals surface area contributed by atoms with Crippen LogP contribution >= 0.6 is 0 Å². The van der Waals surface area contributed by atoms with Gasteiger partial charge in [0.1, 0.15) is 5.75 Å². The minimum Gasteiger partial charge on any atom is -0.497 e. The average Bonchev–Trinajstić information content (AvgIpc) is 2.84. The lowest BCUT2D eigenvalue weighted by atomic mass is 9.74. The predicted octanol–water partition coefficient (Wildman–Crippen LogP) is 2.16. The minimum absolute atomic E-state index is 0.314. The number of aryl methyl sites for hydroxylation is 2. The van der Waals surface area contributed by atoms with E-state index in [9.17, 15) is 0 Å². The molecule has 1 aromatic heterocycles. The van der Waals surface area contributed by atoms with Crippen LogP contribution in [0.3, 0.4) is 0 Å². The Balaban J connectivity index is 1.98. The Hall–Kier alpha value is -1.81. The van der Waals surface area contributed by atoms with Crippen LogP contribution in [-0.4, -0.2) is 16.9 Å². The molecule has 0 aliphatic heterocycles. The van der Waals surface area contributed by atoms with Crippen molar-refractivity contribution < 1.29 is 4.74 Å². The maximum absolute atomic E-state index is 6.74. The third-order valence-electron chi connectivity index (χ3n) is 4.20. The fraction of sp³-hybridized carbons (Fsp3) is 0.438. The van der Waals surface area contributed by atoms with E-state index in [2.05, 4.69) is 17.2 Å². The van der Waals surface area contributed by atoms with Gasteiger partial charge in [-0.1, -0.05) is 6.07 Å². The summed E-state index contributed by atoms with van der Waals surface area (Å²) in [6.45, 7) is 0. The van der Waals surface area contributed by atoms with Crippen LogP contribution in [0.15, 0.2) is 30.6 Å². The van der Waals surface area contributed by atoms with E-state index < -0.39 is 0 Å². The molecule has 4 nitrogen and oxygen atoms in total. The number of benzene rings is 1. The molecule has 1 aliphatic rings. The van der Waals surface area contributed by atoms with Gasteiger partial charge in [-0.15, -0.1) is 0 Å². The molecule has 1 aromatic carbocycles. The van der Waals surface area contributed by atoms with Crippen molar-refractivity contribution in [3.8, 4) is 5.75 Å². The molecule has 106 valence electrons. The topological polar surface area (TPSA) is 53.1 Å². The van der Waals surface area contributed by atoms with Gasteiger partial charge >= 0.3 is 0 Å². The van der Waals surface area contributed by atoms with Gasteiger partial charge in [-0.25, -0.2) is 0 Å². The van der Waals surface area contributed by atoms with Gasteiger partial charge < -0.3 is 10.5 Å². The number of aromatic nitrogens is 2. The Bertz CT molecular complexity index is 620. The van der Waals surface area contributed by atoms with E-state index in [1.807, 2.05) is 30.2 Å². The lowest BCUT2D eigenvalue weighted by Crippen LogP contribution is -2.42. The first-order chi connectivity index (χ1) is 9.60. The van der Waals surface area contributed by atoms with Gasteiger partial charge in [0.25, 0.3) is 0 Å². The summed E-state index contributed by atoms with van der Waals surface area (Å²) in [5, 5.41) is 4.24. The van der Waals surface area contributed by atoms with Crippen LogP contribution in [0.2, 0.25) is 0 Å². The van der Waals surface area contributed by atoms with Crippen molar-refractivity contribution in [2.24, 2.45) is 12.8 Å². The summed E-state index contributed by atoms with van der Waals surface area (Å²) in [6, 6.07) is 6.28. The summed E-state index contributed by atoms with van der Waals surface area (Å²) in [7, 11) is 3.63. The number of rotatable bonds is 3. The van der Waals surface area contributed by atoms with Gasteiger partial charge in [-0.05, 0) is 54.5 Å². The third-order valence-corrected chi connectivity index (χ3v) is 4.20. The summed E-state index contributed by atoms with van der Waals surface area (Å²) in [5.74, 6) is 0.881. The van der Waals surface area contributed by atoms with Crippen LogP contribution in [0.5, 0.6) is 5.75 Å². The number of nitrogens with two attached hydrogens (primary N) is 1. The Kier molecular flexibility index (Phi) is 3.26. The van der Waals surface area contributed by atoms with Crippen molar-refractivity contribution in [2.75, 3.05) is 7.11 Å². The summed E-state index contributed by atoms with van der Waals surface area (Å²) in [6.07, 6.45) is 8.01. The highest BCUT2D eigenvalue weighted by atomic mass is 16.5. The molecule has 0 bridgehead atoms. The summed E-state index contributed by atoms with van der Waals surface area (Å²) < 4.78 is 7.18. The van der Waals surface area contributed by atoms with E-state index in [1.54, 1.807) is 7.11 Å². The minimum atomic E-state index is -0.314. The number of hydrogen-bond donors (Lipinski definition) is 1. The van der Waals surface area contributed by atoms with Crippen molar-refractivity contribution >= 4 is 0 Å². The first-order valence-electron chi connectivity index (χ1n) is 7.04. The normalized spacial score (nSPS) is 21.6. The van der Waals surface area contributed by atoms with E-state index in [0.717, 1.165) is 31.4 Å². The second-order valence-corrected chi connectivity index (χ2v) is 5.73. The molecular formula is C16H21N3O. The lowest BCUT2D eigenvalue weighted by Gasteiger charge is -2.36. The number of methoxy groups -OCH3 is 1. The second-order valence-electron chi connectivity index (χ2n) is 5.73. The largest absolute Gasteiger partial charge is 0.497 e. The third kappa shape index (κ3) is 2.31. The molecule has 0 amide bonds. The molecule has 1 unspecified atom stereocenters. The van der Waals surface area contributed by atoms with E-state index in [4.69, 9.17) is 10.5 Å². The smallest absolute Gasteiger partial charge is 0.119 e.